The lowest BCUT2D eigenvalue weighted by molar-refractivity contribution is -0.0331. The van der Waals surface area contributed by atoms with Gasteiger partial charge in [-0.3, -0.25) is 0 Å². The molecule has 0 N–H and O–H groups in total. The van der Waals surface area contributed by atoms with Crippen LogP contribution in [0.15, 0.2) is 0 Å². The minimum atomic E-state index is -4.03. The molecule has 0 aliphatic heterocycles. The fourth-order valence-electron chi connectivity index (χ4n) is 2.14. The highest BCUT2D eigenvalue weighted by Crippen LogP contribution is 2.44. The van der Waals surface area contributed by atoms with Crippen molar-refractivity contribution in [1.29, 1.82) is 0 Å². The predicted octanol–water partition coefficient (Wildman–Crippen LogP) is 0.900. The van der Waals surface area contributed by atoms with Crippen LogP contribution in [0.3, 0.4) is 0 Å². The molecule has 0 aliphatic rings. The molecular formula is C13H36O12Si4. The highest BCUT2D eigenvalue weighted by molar-refractivity contribution is 6.83. The highest BCUT2D eigenvalue weighted by atomic mass is 28.5. The maximum Gasteiger partial charge on any atom is 0.671 e. The molecule has 0 aromatic heterocycles. The van der Waals surface area contributed by atoms with Crippen molar-refractivity contribution in [2.24, 2.45) is 0 Å². The predicted molar refractivity (Wildman–Crippen MR) is 109 cm³/mol. The second kappa shape index (κ2) is 11.9. The zero-order valence-electron chi connectivity index (χ0n) is 19.4. The summed E-state index contributed by atoms with van der Waals surface area (Å²) in [6.07, 6.45) is 0. The molecule has 29 heavy (non-hydrogen) atoms. The van der Waals surface area contributed by atoms with E-state index in [2.05, 4.69) is 0 Å². The van der Waals surface area contributed by atoms with E-state index in [0.717, 1.165) is 0 Å². The number of hydrogen-bond donors (Lipinski definition) is 0. The Bertz CT molecular complexity index is 385. The Morgan fingerprint density at radius 3 is 0.655 bits per heavy atom. The maximum atomic E-state index is 6.32. The van der Waals surface area contributed by atoms with Crippen LogP contribution >= 0.6 is 0 Å². The molecule has 0 radical (unpaired) electrons. The lowest BCUT2D eigenvalue weighted by Gasteiger charge is -2.46. The minimum absolute atomic E-state index is 0.817. The first-order chi connectivity index (χ1) is 13.4. The van der Waals surface area contributed by atoms with E-state index in [1.807, 2.05) is 20.8 Å². The van der Waals surface area contributed by atoms with E-state index in [0.29, 0.717) is 0 Å². The number of hydrogen-bond acceptors (Lipinski definition) is 12. The van der Waals surface area contributed by atoms with Crippen molar-refractivity contribution < 1.29 is 52.2 Å². The van der Waals surface area contributed by atoms with Crippen LogP contribution < -0.4 is 0 Å². The Morgan fingerprint density at radius 2 is 0.552 bits per heavy atom. The van der Waals surface area contributed by atoms with Gasteiger partial charge in [0.25, 0.3) is 0 Å². The Labute approximate surface area is 178 Å². The summed E-state index contributed by atoms with van der Waals surface area (Å²) in [7, 11) is -2.66. The first-order valence-electron chi connectivity index (χ1n) is 8.49. The largest absolute Gasteiger partial charge is 0.671 e. The molecule has 0 aliphatic carbocycles. The summed E-state index contributed by atoms with van der Waals surface area (Å²) in [4.78, 5) is 0. The van der Waals surface area contributed by atoms with Gasteiger partial charge in [-0.05, 0) is 0 Å². The van der Waals surface area contributed by atoms with Gasteiger partial charge in [0, 0.05) is 69.0 Å². The van der Waals surface area contributed by atoms with Gasteiger partial charge in [0.1, 0.15) is 0 Å². The SMILES string of the molecule is CO[Si](OC)(OC)O[Si](O[Si](OC)(OC)OC)(O[Si](OC)(OC)OC)C(C)(C)C. The Hall–Kier alpha value is 0.388. The molecule has 0 aromatic carbocycles. The van der Waals surface area contributed by atoms with Gasteiger partial charge in [-0.25, -0.2) is 0 Å². The van der Waals surface area contributed by atoms with Crippen molar-refractivity contribution in [3.63, 3.8) is 0 Å². The molecule has 176 valence electrons. The Morgan fingerprint density at radius 1 is 0.379 bits per heavy atom. The first-order valence-corrected chi connectivity index (χ1v) is 15.1. The molecule has 0 amide bonds. The lowest BCUT2D eigenvalue weighted by Crippen LogP contribution is -2.72. The van der Waals surface area contributed by atoms with Crippen LogP contribution in [0.4, 0.5) is 0 Å². The van der Waals surface area contributed by atoms with Gasteiger partial charge < -0.3 is 52.2 Å². The van der Waals surface area contributed by atoms with Gasteiger partial charge in [0.15, 0.2) is 0 Å². The second-order valence-corrected chi connectivity index (χ2v) is 18.2. The smallest absolute Gasteiger partial charge is 0.355 e. The number of rotatable bonds is 15. The van der Waals surface area contributed by atoms with Crippen molar-refractivity contribution >= 4 is 35.9 Å². The average Bonchev–Trinajstić information content (AvgIpc) is 2.73. The van der Waals surface area contributed by atoms with Gasteiger partial charge in [-0.15, -0.1) is 0 Å². The van der Waals surface area contributed by atoms with Crippen LogP contribution in [0.1, 0.15) is 20.8 Å². The summed E-state index contributed by atoms with van der Waals surface area (Å²) in [5.74, 6) is 0. The molecule has 0 heterocycles. The molecule has 0 saturated heterocycles. The molecule has 0 atom stereocenters. The zero-order chi connectivity index (χ0) is 23.0. The van der Waals surface area contributed by atoms with Crippen molar-refractivity contribution in [3.05, 3.63) is 0 Å². The normalized spacial score (nSPS) is 14.5. The van der Waals surface area contributed by atoms with E-state index in [4.69, 9.17) is 52.2 Å². The van der Waals surface area contributed by atoms with Crippen LogP contribution in [0.2, 0.25) is 5.04 Å². The second-order valence-electron chi connectivity index (χ2n) is 6.45. The Kier molecular flexibility index (Phi) is 12.0. The van der Waals surface area contributed by atoms with Crippen molar-refractivity contribution in [3.8, 4) is 0 Å². The van der Waals surface area contributed by atoms with Crippen molar-refractivity contribution in [2.75, 3.05) is 64.0 Å². The molecule has 0 unspecified atom stereocenters. The van der Waals surface area contributed by atoms with Gasteiger partial charge in [0.2, 0.25) is 0 Å². The van der Waals surface area contributed by atoms with Crippen LogP contribution in [-0.2, 0) is 52.2 Å². The van der Waals surface area contributed by atoms with Crippen LogP contribution in [-0.4, -0.2) is 99.9 Å². The summed E-state index contributed by atoms with van der Waals surface area (Å²) in [6, 6.07) is 0. The summed E-state index contributed by atoms with van der Waals surface area (Å²) in [6.45, 7) is 5.50. The molecule has 0 spiro atoms. The molecule has 16 heteroatoms. The van der Waals surface area contributed by atoms with Crippen LogP contribution in [0.5, 0.6) is 0 Å². The highest BCUT2D eigenvalue weighted by Gasteiger charge is 2.70. The van der Waals surface area contributed by atoms with Crippen molar-refractivity contribution in [1.82, 2.24) is 0 Å². The fourth-order valence-corrected chi connectivity index (χ4v) is 15.9. The van der Waals surface area contributed by atoms with E-state index in [9.17, 15) is 0 Å². The molecule has 0 rings (SSSR count). The van der Waals surface area contributed by atoms with E-state index >= 15 is 0 Å². The van der Waals surface area contributed by atoms with Gasteiger partial charge in [0.05, 0.1) is 0 Å². The van der Waals surface area contributed by atoms with E-state index in [1.54, 1.807) is 0 Å². The van der Waals surface area contributed by atoms with Gasteiger partial charge in [-0.1, -0.05) is 20.8 Å². The third kappa shape index (κ3) is 6.68. The Balaban J connectivity index is 6.75. The molecule has 0 saturated carbocycles. The van der Waals surface area contributed by atoms with Crippen LogP contribution in [0.25, 0.3) is 0 Å². The van der Waals surface area contributed by atoms with E-state index in [-0.39, 0.29) is 0 Å². The fraction of sp³-hybridized carbons (Fsp3) is 1.00. The summed E-state index contributed by atoms with van der Waals surface area (Å²) in [5, 5.41) is -0.817. The molecule has 12 nitrogen and oxygen atoms in total. The molecular weight excluding hydrogens is 460 g/mol. The monoisotopic (exact) mass is 496 g/mol. The summed E-state index contributed by atoms with van der Waals surface area (Å²) >= 11 is 0. The third-order valence-corrected chi connectivity index (χ3v) is 16.5. The van der Waals surface area contributed by atoms with Crippen LogP contribution in [0, 0.1) is 0 Å². The maximum absolute atomic E-state index is 6.32. The average molecular weight is 497 g/mol. The standard InChI is InChI=1S/C13H36O12Si4/c1-13(2,3)26(23-27(14-4,15-5)16-6,24-28(17-7,18-8)19-9)25-29(20-10,21-11)22-12/h1-12H3. The molecule has 0 fully saturated rings. The lowest BCUT2D eigenvalue weighted by atomic mass is 10.3. The van der Waals surface area contributed by atoms with E-state index in [1.165, 1.54) is 64.0 Å². The van der Waals surface area contributed by atoms with E-state index < -0.39 is 41.0 Å². The quantitative estimate of drug-likeness (QED) is 0.300. The summed E-state index contributed by atoms with van der Waals surface area (Å²) < 4.78 is 68.0. The van der Waals surface area contributed by atoms with Gasteiger partial charge in [-0.2, -0.15) is 0 Å². The molecule has 0 aromatic rings. The molecule has 0 bridgehead atoms. The summed E-state index contributed by atoms with van der Waals surface area (Å²) in [5.41, 5.74) is 0. The first kappa shape index (κ1) is 29.4. The van der Waals surface area contributed by atoms with Crippen molar-refractivity contribution in [2.45, 2.75) is 25.8 Å². The topological polar surface area (TPSA) is 111 Å². The zero-order valence-corrected chi connectivity index (χ0v) is 23.4. The minimum Gasteiger partial charge on any atom is -0.355 e. The third-order valence-electron chi connectivity index (χ3n) is 3.95. The van der Waals surface area contributed by atoms with Gasteiger partial charge >= 0.3 is 35.9 Å².